The average molecular weight is 454 g/mol. The molecule has 0 aliphatic carbocycles. The number of carbonyl (C=O) groups excluding carboxylic acids is 2. The molecule has 1 atom stereocenters. The van der Waals surface area contributed by atoms with Gasteiger partial charge in [0.1, 0.15) is 17.3 Å². The molecule has 0 bridgehead atoms. The number of fused-ring (bicyclic) bond motifs is 1. The van der Waals surface area contributed by atoms with Crippen molar-refractivity contribution in [3.8, 4) is 5.75 Å². The number of carbonyl (C=O) groups is 2. The Morgan fingerprint density at radius 2 is 2.07 bits per heavy atom. The third-order valence-electron chi connectivity index (χ3n) is 5.12. The minimum Gasteiger partial charge on any atom is -0.497 e. The molecule has 8 nitrogen and oxygen atoms in total. The number of hydrogen-bond acceptors (Lipinski definition) is 6. The second-order valence-electron chi connectivity index (χ2n) is 7.59. The Labute approximate surface area is 180 Å². The van der Waals surface area contributed by atoms with Gasteiger partial charge in [-0.1, -0.05) is 18.3 Å². The summed E-state index contributed by atoms with van der Waals surface area (Å²) in [6.07, 6.45) is 1.90. The number of aromatic nitrogens is 1. The number of ether oxygens (including phenoxy) is 1. The highest BCUT2D eigenvalue weighted by Gasteiger charge is 2.27. The summed E-state index contributed by atoms with van der Waals surface area (Å²) in [5.74, 6) is -1.58. The molecule has 2 aromatic rings. The van der Waals surface area contributed by atoms with Crippen molar-refractivity contribution in [1.29, 1.82) is 0 Å². The number of piperidine rings is 1. The van der Waals surface area contributed by atoms with Crippen LogP contribution < -0.4 is 9.54 Å². The van der Waals surface area contributed by atoms with Crippen LogP contribution in [0.4, 0.5) is 0 Å². The van der Waals surface area contributed by atoms with Crippen molar-refractivity contribution >= 4 is 43.2 Å². The van der Waals surface area contributed by atoms with Gasteiger partial charge in [0.15, 0.2) is 14.6 Å². The van der Waals surface area contributed by atoms with Crippen molar-refractivity contribution in [2.75, 3.05) is 31.7 Å². The maximum atomic E-state index is 12.4. The standard InChI is InChI=1S/C20H27N3O5S2/c1-4-23-16-8-7-15(28-3)10-17(16)29-20(23)21-18(24)12-30(26,27)13-19(25)22-9-5-6-14(2)11-22/h7-8,10,14H,4-6,9,11-13H2,1-3H3. The maximum absolute atomic E-state index is 12.4. The molecule has 0 N–H and O–H groups in total. The van der Waals surface area contributed by atoms with E-state index >= 15 is 0 Å². The van der Waals surface area contributed by atoms with Crippen molar-refractivity contribution in [2.24, 2.45) is 10.9 Å². The number of methoxy groups -OCH3 is 1. The van der Waals surface area contributed by atoms with Crippen LogP contribution in [-0.2, 0) is 26.0 Å². The van der Waals surface area contributed by atoms with E-state index in [-0.39, 0.29) is 0 Å². The Kier molecular flexibility index (Phi) is 6.97. The molecule has 164 valence electrons. The monoisotopic (exact) mass is 453 g/mol. The number of amides is 2. The van der Waals surface area contributed by atoms with Gasteiger partial charge in [-0.2, -0.15) is 4.99 Å². The summed E-state index contributed by atoms with van der Waals surface area (Å²) in [4.78, 5) is 30.8. The molecule has 0 saturated carbocycles. The Hall–Kier alpha value is -2.20. The van der Waals surface area contributed by atoms with Gasteiger partial charge in [-0.3, -0.25) is 9.59 Å². The SMILES string of the molecule is CCn1c(=NC(=O)CS(=O)(=O)CC(=O)N2CCCC(C)C2)sc2cc(OC)ccc21. The third kappa shape index (κ3) is 5.28. The molecule has 2 heterocycles. The van der Waals surface area contributed by atoms with Crippen LogP contribution in [0.3, 0.4) is 0 Å². The first-order valence-corrected chi connectivity index (χ1v) is 12.6. The van der Waals surface area contributed by atoms with Crippen molar-refractivity contribution in [3.05, 3.63) is 23.0 Å². The zero-order valence-electron chi connectivity index (χ0n) is 17.5. The van der Waals surface area contributed by atoms with Gasteiger partial charge in [0.2, 0.25) is 5.91 Å². The quantitative estimate of drug-likeness (QED) is 0.665. The van der Waals surface area contributed by atoms with Gasteiger partial charge < -0.3 is 14.2 Å². The van der Waals surface area contributed by atoms with Crippen molar-refractivity contribution in [1.82, 2.24) is 9.47 Å². The molecule has 10 heteroatoms. The summed E-state index contributed by atoms with van der Waals surface area (Å²) >= 11 is 1.29. The fourth-order valence-corrected chi connectivity index (χ4v) is 5.89. The van der Waals surface area contributed by atoms with Crippen LogP contribution >= 0.6 is 11.3 Å². The van der Waals surface area contributed by atoms with Crippen LogP contribution in [-0.4, -0.2) is 61.4 Å². The van der Waals surface area contributed by atoms with Crippen LogP contribution in [0, 0.1) is 5.92 Å². The first-order valence-electron chi connectivity index (χ1n) is 9.95. The van der Waals surface area contributed by atoms with E-state index in [1.807, 2.05) is 36.6 Å². The van der Waals surface area contributed by atoms with E-state index in [0.29, 0.717) is 36.1 Å². The summed E-state index contributed by atoms with van der Waals surface area (Å²) in [5, 5.41) is 0. The molecular formula is C20H27N3O5S2. The maximum Gasteiger partial charge on any atom is 0.263 e. The van der Waals surface area contributed by atoms with E-state index in [1.165, 1.54) is 11.3 Å². The smallest absolute Gasteiger partial charge is 0.263 e. The van der Waals surface area contributed by atoms with Gasteiger partial charge in [0, 0.05) is 19.6 Å². The highest BCUT2D eigenvalue weighted by Crippen LogP contribution is 2.23. The zero-order valence-corrected chi connectivity index (χ0v) is 19.1. The van der Waals surface area contributed by atoms with Gasteiger partial charge in [0.05, 0.1) is 17.3 Å². The number of benzene rings is 1. The molecule has 0 spiro atoms. The lowest BCUT2D eigenvalue weighted by atomic mass is 10.0. The van der Waals surface area contributed by atoms with Gasteiger partial charge in [-0.25, -0.2) is 8.42 Å². The number of likely N-dealkylation sites (tertiary alicyclic amines) is 1. The average Bonchev–Trinajstić information content (AvgIpc) is 3.02. The molecule has 1 aliphatic rings. The number of rotatable bonds is 6. The summed E-state index contributed by atoms with van der Waals surface area (Å²) in [5.41, 5.74) is 0.895. The van der Waals surface area contributed by atoms with Crippen molar-refractivity contribution in [3.63, 3.8) is 0 Å². The van der Waals surface area contributed by atoms with E-state index in [1.54, 1.807) is 12.0 Å². The first-order chi connectivity index (χ1) is 14.2. The predicted octanol–water partition coefficient (Wildman–Crippen LogP) is 1.83. The number of nitrogens with zero attached hydrogens (tertiary/aromatic N) is 3. The first kappa shape index (κ1) is 22.5. The summed E-state index contributed by atoms with van der Waals surface area (Å²) in [6, 6.07) is 5.56. The lowest BCUT2D eigenvalue weighted by Gasteiger charge is -2.30. The Morgan fingerprint density at radius 3 is 2.73 bits per heavy atom. The molecule has 1 saturated heterocycles. The number of aryl methyl sites for hydroxylation is 1. The van der Waals surface area contributed by atoms with E-state index in [2.05, 4.69) is 4.99 Å². The zero-order chi connectivity index (χ0) is 21.9. The number of thiazole rings is 1. The lowest BCUT2D eigenvalue weighted by Crippen LogP contribution is -2.42. The summed E-state index contributed by atoms with van der Waals surface area (Å²) in [7, 11) is -2.31. The Bertz CT molecular complexity index is 1120. The Morgan fingerprint density at radius 1 is 1.30 bits per heavy atom. The fraction of sp³-hybridized carbons (Fsp3) is 0.550. The highest BCUT2D eigenvalue weighted by molar-refractivity contribution is 7.92. The third-order valence-corrected chi connectivity index (χ3v) is 7.54. The van der Waals surface area contributed by atoms with E-state index in [9.17, 15) is 18.0 Å². The molecule has 1 unspecified atom stereocenters. The van der Waals surface area contributed by atoms with Gasteiger partial charge in [-0.05, 0) is 43.9 Å². The van der Waals surface area contributed by atoms with Crippen molar-refractivity contribution in [2.45, 2.75) is 33.2 Å². The van der Waals surface area contributed by atoms with Gasteiger partial charge >= 0.3 is 0 Å². The second-order valence-corrected chi connectivity index (χ2v) is 10.7. The molecule has 1 fully saturated rings. The minimum absolute atomic E-state index is 0.359. The highest BCUT2D eigenvalue weighted by atomic mass is 32.2. The van der Waals surface area contributed by atoms with Gasteiger partial charge in [-0.15, -0.1) is 0 Å². The summed E-state index contributed by atoms with van der Waals surface area (Å²) < 4.78 is 32.8. The molecule has 3 rings (SSSR count). The fourth-order valence-electron chi connectivity index (χ4n) is 3.64. The van der Waals surface area contributed by atoms with E-state index in [4.69, 9.17) is 4.74 Å². The molecule has 1 aromatic heterocycles. The van der Waals surface area contributed by atoms with Crippen LogP contribution in [0.5, 0.6) is 5.75 Å². The summed E-state index contributed by atoms with van der Waals surface area (Å²) in [6.45, 7) is 5.68. The van der Waals surface area contributed by atoms with Gasteiger partial charge in [0.25, 0.3) is 5.91 Å². The van der Waals surface area contributed by atoms with Crippen LogP contribution in [0.25, 0.3) is 10.2 Å². The van der Waals surface area contributed by atoms with E-state index in [0.717, 1.165) is 23.1 Å². The molecule has 30 heavy (non-hydrogen) atoms. The topological polar surface area (TPSA) is 98.0 Å². The normalized spacial score (nSPS) is 18.0. The second kappa shape index (κ2) is 9.30. The largest absolute Gasteiger partial charge is 0.497 e. The molecular weight excluding hydrogens is 426 g/mol. The molecule has 1 aliphatic heterocycles. The number of sulfone groups is 1. The molecule has 2 amide bonds. The predicted molar refractivity (Wildman–Crippen MR) is 116 cm³/mol. The lowest BCUT2D eigenvalue weighted by molar-refractivity contribution is -0.130. The molecule has 0 radical (unpaired) electrons. The molecule has 1 aromatic carbocycles. The van der Waals surface area contributed by atoms with Crippen LogP contribution in [0.2, 0.25) is 0 Å². The Balaban J connectivity index is 1.76. The minimum atomic E-state index is -3.89. The van der Waals surface area contributed by atoms with E-state index < -0.39 is 33.2 Å². The van der Waals surface area contributed by atoms with Crippen LogP contribution in [0.15, 0.2) is 23.2 Å². The number of hydrogen-bond donors (Lipinski definition) is 0. The van der Waals surface area contributed by atoms with Crippen LogP contribution in [0.1, 0.15) is 26.7 Å². The van der Waals surface area contributed by atoms with Crippen molar-refractivity contribution < 1.29 is 22.7 Å².